The van der Waals surface area contributed by atoms with Crippen molar-refractivity contribution in [2.75, 3.05) is 25.0 Å². The highest BCUT2D eigenvalue weighted by Crippen LogP contribution is 2.31. The average Bonchev–Trinajstić information content (AvgIpc) is 2.79. The molecule has 3 rings (SSSR count). The van der Waals surface area contributed by atoms with E-state index in [-0.39, 0.29) is 38.3 Å². The number of benzene rings is 2. The molecule has 12 heteroatoms. The highest BCUT2D eigenvalue weighted by Gasteiger charge is 2.33. The van der Waals surface area contributed by atoms with Gasteiger partial charge in [0.25, 0.3) is 5.91 Å². The van der Waals surface area contributed by atoms with Gasteiger partial charge < -0.3 is 10.2 Å². The Labute approximate surface area is 194 Å². The Morgan fingerprint density at radius 3 is 2.32 bits per heavy atom. The molecule has 182 valence electrons. The fourth-order valence-corrected chi connectivity index (χ4v) is 4.71. The van der Waals surface area contributed by atoms with Gasteiger partial charge in [0.05, 0.1) is 16.2 Å². The SMILES string of the molecule is CC(=O)c1ccc(NC(=O)CON=C2CCN(S(=O)(=O)c3cccc(C(F)(F)F)c3)CC2)cc1. The van der Waals surface area contributed by atoms with Crippen molar-refractivity contribution >= 4 is 33.1 Å². The summed E-state index contributed by atoms with van der Waals surface area (Å²) in [5, 5.41) is 6.47. The summed E-state index contributed by atoms with van der Waals surface area (Å²) in [6.07, 6.45) is -4.21. The molecule has 0 aliphatic carbocycles. The zero-order valence-corrected chi connectivity index (χ0v) is 18.9. The molecule has 1 aliphatic rings. The van der Waals surface area contributed by atoms with E-state index in [0.717, 1.165) is 22.5 Å². The summed E-state index contributed by atoms with van der Waals surface area (Å²) in [5.41, 5.74) is 0.504. The van der Waals surface area contributed by atoms with E-state index in [4.69, 9.17) is 4.84 Å². The van der Waals surface area contributed by atoms with Crippen LogP contribution in [-0.2, 0) is 25.8 Å². The summed E-state index contributed by atoms with van der Waals surface area (Å²) in [4.78, 5) is 27.9. The lowest BCUT2D eigenvalue weighted by Crippen LogP contribution is -2.38. The molecule has 0 unspecified atom stereocenters. The first-order valence-electron chi connectivity index (χ1n) is 10.2. The first-order chi connectivity index (χ1) is 16.0. The van der Waals surface area contributed by atoms with Gasteiger partial charge in [-0.15, -0.1) is 0 Å². The maximum atomic E-state index is 12.9. The molecule has 1 fully saturated rings. The summed E-state index contributed by atoms with van der Waals surface area (Å²) in [6, 6.07) is 9.96. The molecule has 2 aromatic carbocycles. The third-order valence-corrected chi connectivity index (χ3v) is 6.96. The Balaban J connectivity index is 1.51. The van der Waals surface area contributed by atoms with Gasteiger partial charge >= 0.3 is 6.18 Å². The van der Waals surface area contributed by atoms with Crippen LogP contribution in [0.1, 0.15) is 35.7 Å². The van der Waals surface area contributed by atoms with E-state index in [1.807, 2.05) is 0 Å². The second kappa shape index (κ2) is 10.3. The molecule has 8 nitrogen and oxygen atoms in total. The first-order valence-corrected chi connectivity index (χ1v) is 11.7. The van der Waals surface area contributed by atoms with Gasteiger partial charge in [0.15, 0.2) is 12.4 Å². The molecule has 1 N–H and O–H groups in total. The molecule has 0 saturated carbocycles. The fraction of sp³-hybridized carbons (Fsp3) is 0.318. The third kappa shape index (κ3) is 6.41. The molecule has 1 aliphatic heterocycles. The number of anilines is 1. The van der Waals surface area contributed by atoms with E-state index in [2.05, 4.69) is 10.5 Å². The third-order valence-electron chi connectivity index (χ3n) is 5.06. The average molecular weight is 497 g/mol. The van der Waals surface area contributed by atoms with E-state index in [1.165, 1.54) is 6.92 Å². The van der Waals surface area contributed by atoms with Crippen molar-refractivity contribution in [2.24, 2.45) is 5.16 Å². The van der Waals surface area contributed by atoms with Crippen LogP contribution in [0, 0.1) is 0 Å². The number of piperidine rings is 1. The van der Waals surface area contributed by atoms with Crippen molar-refractivity contribution in [2.45, 2.75) is 30.8 Å². The number of nitrogens with zero attached hydrogens (tertiary/aromatic N) is 2. The Morgan fingerprint density at radius 1 is 1.09 bits per heavy atom. The predicted molar refractivity (Wildman–Crippen MR) is 118 cm³/mol. The topological polar surface area (TPSA) is 105 Å². The van der Waals surface area contributed by atoms with Gasteiger partial charge in [-0.2, -0.15) is 17.5 Å². The number of rotatable bonds is 7. The molecule has 34 heavy (non-hydrogen) atoms. The Morgan fingerprint density at radius 2 is 1.74 bits per heavy atom. The predicted octanol–water partition coefficient (Wildman–Crippen LogP) is 3.70. The summed E-state index contributed by atoms with van der Waals surface area (Å²) >= 11 is 0. The van der Waals surface area contributed by atoms with Crippen molar-refractivity contribution in [3.63, 3.8) is 0 Å². The van der Waals surface area contributed by atoms with Crippen LogP contribution in [0.15, 0.2) is 58.6 Å². The number of carbonyl (C=O) groups excluding carboxylic acids is 2. The molecular weight excluding hydrogens is 475 g/mol. The van der Waals surface area contributed by atoms with E-state index in [1.54, 1.807) is 24.3 Å². The number of hydrogen-bond donors (Lipinski definition) is 1. The van der Waals surface area contributed by atoms with Gasteiger partial charge in [-0.1, -0.05) is 11.2 Å². The van der Waals surface area contributed by atoms with E-state index < -0.39 is 32.6 Å². The number of nitrogens with one attached hydrogen (secondary N) is 1. The number of carbonyl (C=O) groups is 2. The van der Waals surface area contributed by atoms with E-state index >= 15 is 0 Å². The Hall–Kier alpha value is -3.25. The largest absolute Gasteiger partial charge is 0.416 e. The minimum absolute atomic E-state index is 0.0233. The van der Waals surface area contributed by atoms with Crippen LogP contribution < -0.4 is 5.32 Å². The lowest BCUT2D eigenvalue weighted by Gasteiger charge is -2.26. The summed E-state index contributed by atoms with van der Waals surface area (Å²) in [6.45, 7) is 1.11. The molecule has 0 bridgehead atoms. The number of halogens is 3. The number of Topliss-reactive ketones (excluding diaryl/α,β-unsaturated/α-hetero) is 1. The summed E-state index contributed by atoms with van der Waals surface area (Å²) in [5.74, 6) is -0.560. The molecular formula is C22H22F3N3O5S. The quantitative estimate of drug-likeness (QED) is 0.464. The summed E-state index contributed by atoms with van der Waals surface area (Å²) < 4.78 is 65.3. The zero-order valence-electron chi connectivity index (χ0n) is 18.1. The zero-order chi connectivity index (χ0) is 24.9. The van der Waals surface area contributed by atoms with Crippen LogP contribution in [0.25, 0.3) is 0 Å². The number of alkyl halides is 3. The van der Waals surface area contributed by atoms with Gasteiger partial charge in [0, 0.05) is 37.2 Å². The molecule has 0 atom stereocenters. The molecule has 0 spiro atoms. The van der Waals surface area contributed by atoms with Gasteiger partial charge in [-0.3, -0.25) is 9.59 Å². The molecule has 1 heterocycles. The highest BCUT2D eigenvalue weighted by molar-refractivity contribution is 7.89. The number of hydrogen-bond acceptors (Lipinski definition) is 6. The maximum Gasteiger partial charge on any atom is 0.416 e. The van der Waals surface area contributed by atoms with Crippen LogP contribution in [0.3, 0.4) is 0 Å². The lowest BCUT2D eigenvalue weighted by molar-refractivity contribution is -0.137. The minimum Gasteiger partial charge on any atom is -0.386 e. The van der Waals surface area contributed by atoms with Gasteiger partial charge in [0.1, 0.15) is 0 Å². The van der Waals surface area contributed by atoms with Crippen LogP contribution in [0.4, 0.5) is 18.9 Å². The van der Waals surface area contributed by atoms with Crippen molar-refractivity contribution in [1.29, 1.82) is 0 Å². The van der Waals surface area contributed by atoms with Crippen molar-refractivity contribution < 1.29 is 36.0 Å². The second-order valence-corrected chi connectivity index (χ2v) is 9.48. The van der Waals surface area contributed by atoms with Gasteiger partial charge in [-0.05, 0) is 49.4 Å². The minimum atomic E-state index is -4.64. The number of amides is 1. The first kappa shape index (κ1) is 25.4. The molecule has 0 radical (unpaired) electrons. The monoisotopic (exact) mass is 497 g/mol. The highest BCUT2D eigenvalue weighted by atomic mass is 32.2. The number of oxime groups is 1. The van der Waals surface area contributed by atoms with E-state index in [0.29, 0.717) is 23.0 Å². The Bertz CT molecular complexity index is 1190. The standard InChI is InChI=1S/C22H22F3N3O5S/c1-15(29)16-5-7-18(8-6-16)26-21(30)14-33-27-19-9-11-28(12-10-19)34(31,32)20-4-2-3-17(13-20)22(23,24)25/h2-8,13H,9-12,14H2,1H3,(H,26,30). The fourth-order valence-electron chi connectivity index (χ4n) is 3.23. The maximum absolute atomic E-state index is 12.9. The van der Waals surface area contributed by atoms with Crippen LogP contribution in [0.2, 0.25) is 0 Å². The smallest absolute Gasteiger partial charge is 0.386 e. The normalized spacial score (nSPS) is 15.0. The van der Waals surface area contributed by atoms with Crippen LogP contribution >= 0.6 is 0 Å². The molecule has 1 saturated heterocycles. The summed E-state index contributed by atoms with van der Waals surface area (Å²) in [7, 11) is -4.09. The van der Waals surface area contributed by atoms with Crippen LogP contribution in [-0.4, -0.2) is 49.8 Å². The lowest BCUT2D eigenvalue weighted by atomic mass is 10.1. The van der Waals surface area contributed by atoms with Crippen molar-refractivity contribution in [3.8, 4) is 0 Å². The van der Waals surface area contributed by atoms with Gasteiger partial charge in [-0.25, -0.2) is 8.42 Å². The molecule has 2 aromatic rings. The number of ketones is 1. The van der Waals surface area contributed by atoms with Crippen molar-refractivity contribution in [1.82, 2.24) is 4.31 Å². The van der Waals surface area contributed by atoms with Crippen LogP contribution in [0.5, 0.6) is 0 Å². The van der Waals surface area contributed by atoms with Crippen molar-refractivity contribution in [3.05, 3.63) is 59.7 Å². The molecule has 1 amide bonds. The second-order valence-electron chi connectivity index (χ2n) is 7.54. The Kier molecular flexibility index (Phi) is 7.72. The van der Waals surface area contributed by atoms with Gasteiger partial charge in [0.2, 0.25) is 10.0 Å². The van der Waals surface area contributed by atoms with E-state index in [9.17, 15) is 31.2 Å². The number of sulfonamides is 1. The molecule has 0 aromatic heterocycles.